The van der Waals surface area contributed by atoms with Gasteiger partial charge in [0.05, 0.1) is 0 Å². The van der Waals surface area contributed by atoms with Crippen molar-refractivity contribution in [1.82, 2.24) is 0 Å². The van der Waals surface area contributed by atoms with E-state index in [0.717, 1.165) is 12.0 Å². The predicted octanol–water partition coefficient (Wildman–Crippen LogP) is 0.307. The molecule has 1 saturated carbocycles. The van der Waals surface area contributed by atoms with E-state index in [1.165, 1.54) is 19.4 Å². The predicted molar refractivity (Wildman–Crippen MR) is 23.6 cm³/mol. The van der Waals surface area contributed by atoms with E-state index in [-0.39, 0.29) is 0 Å². The van der Waals surface area contributed by atoms with Crippen molar-refractivity contribution < 1.29 is 4.74 Å². The number of hydrogen-bond acceptors (Lipinski definition) is 0. The average molecular weight is 85.1 g/mol. The van der Waals surface area contributed by atoms with E-state index in [1.54, 1.807) is 0 Å². The zero-order valence-corrected chi connectivity index (χ0v) is 3.72. The molecule has 0 atom stereocenters. The largest absolute Gasteiger partial charge is 0.431 e. The summed E-state index contributed by atoms with van der Waals surface area (Å²) in [5, 5.41) is 0. The number of rotatable bonds is 0. The molecule has 1 aliphatic carbocycles. The molecule has 1 N–H and O–H groups in total. The lowest BCUT2D eigenvalue weighted by Crippen LogP contribution is -2.18. The van der Waals surface area contributed by atoms with E-state index < -0.39 is 0 Å². The minimum absolute atomic E-state index is 0.815. The smallest absolute Gasteiger partial charge is 0.155 e. The SMILES string of the molecule is C1[OH+]C2CC1C2. The Balaban J connectivity index is 2.16. The highest BCUT2D eigenvalue weighted by Gasteiger charge is 2.42. The number of aliphatic hydroxyl groups is 2. The van der Waals surface area contributed by atoms with Crippen molar-refractivity contribution in [2.75, 3.05) is 6.61 Å². The van der Waals surface area contributed by atoms with Crippen LogP contribution >= 0.6 is 0 Å². The lowest BCUT2D eigenvalue weighted by atomic mass is 9.87. The molecule has 2 heterocycles. The monoisotopic (exact) mass is 85.1 g/mol. The Morgan fingerprint density at radius 1 is 1.33 bits per heavy atom. The summed E-state index contributed by atoms with van der Waals surface area (Å²) in [5.74, 6) is 1.02. The molecule has 1 heteroatoms. The Hall–Kier alpha value is -0.0400. The third-order valence-electron chi connectivity index (χ3n) is 1.83. The maximum absolute atomic E-state index is 4.31. The van der Waals surface area contributed by atoms with Gasteiger partial charge in [0.15, 0.2) is 6.10 Å². The topological polar surface area (TPSA) is 12.8 Å². The van der Waals surface area contributed by atoms with Gasteiger partial charge < -0.3 is 4.74 Å². The fourth-order valence-corrected chi connectivity index (χ4v) is 1.30. The molecular weight excluding hydrogens is 76.1 g/mol. The molecule has 0 unspecified atom stereocenters. The molecule has 3 fully saturated rings. The van der Waals surface area contributed by atoms with Crippen LogP contribution in [0.5, 0.6) is 0 Å². The van der Waals surface area contributed by atoms with Crippen molar-refractivity contribution in [3.05, 3.63) is 0 Å². The molecule has 0 aromatic heterocycles. The molecule has 2 aliphatic heterocycles. The van der Waals surface area contributed by atoms with Crippen LogP contribution in [0.4, 0.5) is 0 Å². The van der Waals surface area contributed by atoms with Crippen molar-refractivity contribution in [2.24, 2.45) is 5.92 Å². The van der Waals surface area contributed by atoms with Crippen molar-refractivity contribution in [1.29, 1.82) is 0 Å². The number of ether oxygens (including phenoxy) is 1. The molecule has 2 saturated heterocycles. The summed E-state index contributed by atoms with van der Waals surface area (Å²) in [4.78, 5) is 0. The van der Waals surface area contributed by atoms with Gasteiger partial charge in [0.25, 0.3) is 0 Å². The quantitative estimate of drug-likeness (QED) is 0.375. The normalized spacial score (nSPS) is 52.0. The van der Waals surface area contributed by atoms with Crippen LogP contribution < -0.4 is 0 Å². The minimum Gasteiger partial charge on any atom is -0.431 e. The van der Waals surface area contributed by atoms with Gasteiger partial charge in [0.1, 0.15) is 6.61 Å². The van der Waals surface area contributed by atoms with Crippen LogP contribution in [0.2, 0.25) is 0 Å². The van der Waals surface area contributed by atoms with Crippen molar-refractivity contribution in [2.45, 2.75) is 18.9 Å². The summed E-state index contributed by atoms with van der Waals surface area (Å²) in [6.07, 6.45) is 3.65. The Labute approximate surface area is 37.3 Å². The third kappa shape index (κ3) is 0.207. The van der Waals surface area contributed by atoms with Gasteiger partial charge >= 0.3 is 0 Å². The molecule has 0 radical (unpaired) electrons. The minimum atomic E-state index is 0.815. The summed E-state index contributed by atoms with van der Waals surface area (Å²) in [6, 6.07) is 0. The molecule has 2 bridgehead atoms. The second-order valence-electron chi connectivity index (χ2n) is 2.36. The maximum atomic E-state index is 4.31. The first-order valence-corrected chi connectivity index (χ1v) is 2.62. The molecule has 0 aromatic carbocycles. The van der Waals surface area contributed by atoms with Gasteiger partial charge in [-0.3, -0.25) is 0 Å². The third-order valence-corrected chi connectivity index (χ3v) is 1.83. The molecule has 0 spiro atoms. The van der Waals surface area contributed by atoms with Gasteiger partial charge in [0.2, 0.25) is 0 Å². The highest BCUT2D eigenvalue weighted by atomic mass is 16.5. The lowest BCUT2D eigenvalue weighted by molar-refractivity contribution is -0.0390. The molecule has 0 aromatic rings. The second kappa shape index (κ2) is 0.784. The van der Waals surface area contributed by atoms with Gasteiger partial charge in [-0.15, -0.1) is 0 Å². The van der Waals surface area contributed by atoms with Crippen LogP contribution in [0.1, 0.15) is 12.8 Å². The fraction of sp³-hybridized carbons (Fsp3) is 1.00. The molecule has 1 nitrogen and oxygen atoms in total. The summed E-state index contributed by atoms with van der Waals surface area (Å²) in [7, 11) is 0. The van der Waals surface area contributed by atoms with E-state index in [2.05, 4.69) is 4.74 Å². The Bertz CT molecular complexity index is 50.8. The van der Waals surface area contributed by atoms with Crippen molar-refractivity contribution in [3.8, 4) is 0 Å². The van der Waals surface area contributed by atoms with Crippen molar-refractivity contribution in [3.63, 3.8) is 0 Å². The van der Waals surface area contributed by atoms with Crippen LogP contribution in [0.25, 0.3) is 0 Å². The lowest BCUT2D eigenvalue weighted by Gasteiger charge is -2.11. The van der Waals surface area contributed by atoms with E-state index in [9.17, 15) is 0 Å². The van der Waals surface area contributed by atoms with Crippen LogP contribution in [0.15, 0.2) is 0 Å². The van der Waals surface area contributed by atoms with Gasteiger partial charge in [-0.1, -0.05) is 0 Å². The molecule has 6 heavy (non-hydrogen) atoms. The van der Waals surface area contributed by atoms with Crippen LogP contribution in [-0.2, 0) is 0 Å². The second-order valence-corrected chi connectivity index (χ2v) is 2.36. The summed E-state index contributed by atoms with van der Waals surface area (Å²) >= 11 is 0. The van der Waals surface area contributed by atoms with Crippen molar-refractivity contribution >= 4 is 0 Å². The molecule has 34 valence electrons. The van der Waals surface area contributed by atoms with Gasteiger partial charge in [0, 0.05) is 18.8 Å². The standard InChI is InChI=1S/C5H8O/c1-4-2-5(1)6-3-4/h4-5H,1-3H2/p+1. The van der Waals surface area contributed by atoms with E-state index in [4.69, 9.17) is 0 Å². The summed E-state index contributed by atoms with van der Waals surface area (Å²) in [6.45, 7) is 1.19. The first-order chi connectivity index (χ1) is 2.95. The Morgan fingerprint density at radius 2 is 2.17 bits per heavy atom. The fourth-order valence-electron chi connectivity index (χ4n) is 1.30. The van der Waals surface area contributed by atoms with Gasteiger partial charge in [-0.25, -0.2) is 0 Å². The molecule has 0 amide bonds. The van der Waals surface area contributed by atoms with Crippen LogP contribution in [0.3, 0.4) is 0 Å². The molecule has 3 rings (SSSR count). The number of fused-ring (bicyclic) bond motifs is 1. The van der Waals surface area contributed by atoms with E-state index in [0.29, 0.717) is 0 Å². The molecule has 3 aliphatic rings. The Morgan fingerprint density at radius 3 is 2.33 bits per heavy atom. The maximum Gasteiger partial charge on any atom is 0.155 e. The summed E-state index contributed by atoms with van der Waals surface area (Å²) < 4.78 is 4.31. The first kappa shape index (κ1) is 3.03. The summed E-state index contributed by atoms with van der Waals surface area (Å²) in [5.41, 5.74) is 0. The van der Waals surface area contributed by atoms with E-state index >= 15 is 0 Å². The highest BCUT2D eigenvalue weighted by molar-refractivity contribution is 4.84. The van der Waals surface area contributed by atoms with E-state index in [1.807, 2.05) is 0 Å². The zero-order chi connectivity index (χ0) is 3.98. The van der Waals surface area contributed by atoms with Gasteiger partial charge in [-0.2, -0.15) is 0 Å². The average Bonchev–Trinajstić information content (AvgIpc) is 1.72. The van der Waals surface area contributed by atoms with Crippen LogP contribution in [0, 0.1) is 5.92 Å². The molecular formula is C5H9O+. The number of hydrogen-bond donors (Lipinski definition) is 0. The first-order valence-electron chi connectivity index (χ1n) is 2.62. The van der Waals surface area contributed by atoms with Crippen LogP contribution in [-0.4, -0.2) is 17.4 Å². The zero-order valence-electron chi connectivity index (χ0n) is 3.72. The Kier molecular flexibility index (Phi) is 0.396. The highest BCUT2D eigenvalue weighted by Crippen LogP contribution is 2.35. The van der Waals surface area contributed by atoms with Gasteiger partial charge in [-0.05, 0) is 0 Å².